The zero-order valence-corrected chi connectivity index (χ0v) is 44.0. The lowest BCUT2D eigenvalue weighted by Crippen LogP contribution is -2.36. The fraction of sp³-hybridized carbons (Fsp3) is 0.731. The van der Waals surface area contributed by atoms with Crippen molar-refractivity contribution in [2.24, 2.45) is 16.8 Å². The molecule has 3 atom stereocenters. The van der Waals surface area contributed by atoms with Crippen LogP contribution in [0.25, 0.3) is 5.70 Å². The Bertz CT molecular complexity index is 1870. The van der Waals surface area contributed by atoms with Crippen molar-refractivity contribution in [3.63, 3.8) is 0 Å². The van der Waals surface area contributed by atoms with Gasteiger partial charge in [-0.3, -0.25) is 29.5 Å². The average molecular weight is 1050 g/mol. The van der Waals surface area contributed by atoms with Crippen LogP contribution in [0.4, 0.5) is 4.79 Å². The molecule has 2 aliphatic heterocycles. The van der Waals surface area contributed by atoms with Crippen LogP contribution in [0.2, 0.25) is 0 Å². The van der Waals surface area contributed by atoms with Crippen LogP contribution in [-0.2, 0) is 63.6 Å². The zero-order chi connectivity index (χ0) is 51.7. The smallest absolute Gasteiger partial charge is 0.407 e. The molecule has 410 valence electrons. The van der Waals surface area contributed by atoms with Gasteiger partial charge in [-0.2, -0.15) is 5.10 Å². The molecule has 73 heavy (non-hydrogen) atoms. The second-order valence-electron chi connectivity index (χ2n) is 18.5. The Morgan fingerprint density at radius 3 is 1.92 bits per heavy atom. The number of benzene rings is 1. The fourth-order valence-electron chi connectivity index (χ4n) is 9.00. The van der Waals surface area contributed by atoms with E-state index in [-0.39, 0.29) is 73.3 Å². The van der Waals surface area contributed by atoms with Crippen LogP contribution in [0.15, 0.2) is 34.9 Å². The van der Waals surface area contributed by atoms with E-state index in [1.807, 2.05) is 19.1 Å². The number of ether oxygens (including phenoxy) is 8. The van der Waals surface area contributed by atoms with E-state index in [9.17, 15) is 24.0 Å². The Kier molecular flexibility index (Phi) is 29.4. The summed E-state index contributed by atoms with van der Waals surface area (Å²) < 4.78 is 44.2. The quantitative estimate of drug-likeness (QED) is 0.0363. The van der Waals surface area contributed by atoms with Crippen LogP contribution in [0.5, 0.6) is 0 Å². The summed E-state index contributed by atoms with van der Waals surface area (Å²) in [5, 5.41) is 13.3. The molecular formula is C52H83N7O13S. The molecule has 1 aromatic rings. The predicted octanol–water partition coefficient (Wildman–Crippen LogP) is 4.22. The lowest BCUT2D eigenvalue weighted by molar-refractivity contribution is -0.138. The number of nitrogens with zero attached hydrogens (tertiary/aromatic N) is 2. The summed E-state index contributed by atoms with van der Waals surface area (Å²) in [6.45, 7) is 9.34. The number of fused-ring (bicyclic) bond motifs is 1. The van der Waals surface area contributed by atoms with Crippen molar-refractivity contribution in [2.45, 2.75) is 120 Å². The van der Waals surface area contributed by atoms with Gasteiger partial charge in [-0.25, -0.2) is 4.79 Å². The van der Waals surface area contributed by atoms with Gasteiger partial charge in [0.2, 0.25) is 23.6 Å². The first-order valence-electron chi connectivity index (χ1n) is 26.6. The number of hydrogen-bond donors (Lipinski definition) is 5. The van der Waals surface area contributed by atoms with Crippen molar-refractivity contribution in [1.29, 1.82) is 0 Å². The van der Waals surface area contributed by atoms with E-state index in [0.29, 0.717) is 117 Å². The molecular weight excluding hydrogens is 963 g/mol. The third kappa shape index (κ3) is 23.5. The normalized spacial score (nSPS) is 19.6. The standard InChI is InChI=1S/C52H83N7O13S/c1-39-44-16-15-42(72-52(64)55-21-26-68-30-34-70-32-28-66-24-19-53)7-6-10-45(44)50(58-57-39)41-13-11-40(12-14-41)38-56-48(61)18-23-65-27-31-69-35-36-71-33-29-67-25-20-54-47(60)17-22-59-49(62)37-46(51(59)63)73-43-8-4-2-3-5-9-43/h11-14,42-44,46,58H,2-10,15-38,53H2,1H3,(H,54,60)(H,55,64)(H,56,61). The van der Waals surface area contributed by atoms with Gasteiger partial charge in [-0.05, 0) is 68.6 Å². The highest BCUT2D eigenvalue weighted by Crippen LogP contribution is 2.37. The van der Waals surface area contributed by atoms with E-state index in [1.54, 1.807) is 11.8 Å². The molecule has 1 aromatic carbocycles. The van der Waals surface area contributed by atoms with Gasteiger partial charge < -0.3 is 59.6 Å². The molecule has 2 saturated carbocycles. The second-order valence-corrected chi connectivity index (χ2v) is 20.0. The minimum Gasteiger partial charge on any atom is -0.446 e. The molecule has 4 aliphatic rings. The third-order valence-electron chi connectivity index (χ3n) is 12.9. The Morgan fingerprint density at radius 1 is 0.685 bits per heavy atom. The van der Waals surface area contributed by atoms with Crippen molar-refractivity contribution < 1.29 is 61.9 Å². The minimum atomic E-state index is -0.432. The largest absolute Gasteiger partial charge is 0.446 e. The molecule has 3 unspecified atom stereocenters. The number of alkyl carbamates (subject to hydrolysis) is 1. The van der Waals surface area contributed by atoms with Crippen molar-refractivity contribution in [3.05, 3.63) is 41.0 Å². The number of nitrogens with two attached hydrogens (primary N) is 1. The molecule has 6 N–H and O–H groups in total. The summed E-state index contributed by atoms with van der Waals surface area (Å²) in [5.74, 6) is -0.505. The number of allylic oxidation sites excluding steroid dienone is 1. The maximum atomic E-state index is 12.9. The van der Waals surface area contributed by atoms with Crippen LogP contribution in [0.1, 0.15) is 108 Å². The van der Waals surface area contributed by atoms with Gasteiger partial charge in [-0.1, -0.05) is 49.9 Å². The van der Waals surface area contributed by atoms with Crippen LogP contribution >= 0.6 is 11.8 Å². The van der Waals surface area contributed by atoms with Crippen molar-refractivity contribution in [3.8, 4) is 0 Å². The third-order valence-corrected chi connectivity index (χ3v) is 14.5. The number of amides is 5. The number of hydrogen-bond acceptors (Lipinski definition) is 17. The number of carbonyl (C=O) groups is 5. The first-order valence-corrected chi connectivity index (χ1v) is 27.5. The highest BCUT2D eigenvalue weighted by molar-refractivity contribution is 8.01. The van der Waals surface area contributed by atoms with Crippen LogP contribution in [-0.4, -0.2) is 176 Å². The summed E-state index contributed by atoms with van der Waals surface area (Å²) in [4.78, 5) is 64.0. The molecule has 0 aromatic heterocycles. The molecule has 2 aliphatic carbocycles. The fourth-order valence-corrected chi connectivity index (χ4v) is 10.6. The van der Waals surface area contributed by atoms with E-state index in [4.69, 9.17) is 43.6 Å². The number of imide groups is 1. The summed E-state index contributed by atoms with van der Waals surface area (Å²) in [7, 11) is 0. The number of thioether (sulfide) groups is 1. The molecule has 20 nitrogen and oxygen atoms in total. The number of hydrazone groups is 1. The highest BCUT2D eigenvalue weighted by Gasteiger charge is 2.40. The molecule has 0 spiro atoms. The van der Waals surface area contributed by atoms with Gasteiger partial charge in [0.25, 0.3) is 0 Å². The second kappa shape index (κ2) is 35.9. The maximum Gasteiger partial charge on any atom is 0.407 e. The lowest BCUT2D eigenvalue weighted by atomic mass is 9.80. The molecule has 2 heterocycles. The summed E-state index contributed by atoms with van der Waals surface area (Å²) in [6.07, 6.45) is 11.1. The molecule has 5 rings (SSSR count). The Balaban J connectivity index is 0.822. The van der Waals surface area contributed by atoms with Gasteiger partial charge in [0.05, 0.1) is 103 Å². The van der Waals surface area contributed by atoms with E-state index in [1.165, 1.54) is 36.2 Å². The van der Waals surface area contributed by atoms with Crippen LogP contribution in [0, 0.1) is 5.92 Å². The van der Waals surface area contributed by atoms with Gasteiger partial charge in [0.15, 0.2) is 0 Å². The zero-order valence-electron chi connectivity index (χ0n) is 43.1. The Labute approximate surface area is 436 Å². The van der Waals surface area contributed by atoms with Crippen molar-refractivity contribution in [2.75, 3.05) is 119 Å². The molecule has 0 radical (unpaired) electrons. The van der Waals surface area contributed by atoms with Crippen molar-refractivity contribution in [1.82, 2.24) is 26.3 Å². The van der Waals surface area contributed by atoms with Crippen LogP contribution < -0.4 is 27.1 Å². The van der Waals surface area contributed by atoms with Gasteiger partial charge in [-0.15, -0.1) is 11.8 Å². The SMILES string of the molecule is CC1=NNC(c2ccc(CNC(=O)CCOCCOCCOCCOCCNC(=O)CCN3C(=O)CC(SC4CCCCCC4)C3=O)cc2)=C2CCCC(OC(=O)NCCOCCOCCOCCN)CCC12. The van der Waals surface area contributed by atoms with E-state index in [0.717, 1.165) is 67.5 Å². The number of nitrogens with one attached hydrogen (secondary N) is 4. The van der Waals surface area contributed by atoms with Crippen LogP contribution in [0.3, 0.4) is 0 Å². The average Bonchev–Trinajstić information content (AvgIpc) is 3.49. The maximum absolute atomic E-state index is 12.9. The Morgan fingerprint density at radius 2 is 1.27 bits per heavy atom. The first kappa shape index (κ1) is 59.7. The predicted molar refractivity (Wildman–Crippen MR) is 278 cm³/mol. The summed E-state index contributed by atoms with van der Waals surface area (Å²) in [6, 6.07) is 8.15. The highest BCUT2D eigenvalue weighted by atomic mass is 32.2. The van der Waals surface area contributed by atoms with Gasteiger partial charge in [0, 0.05) is 68.9 Å². The summed E-state index contributed by atoms with van der Waals surface area (Å²) >= 11 is 1.66. The molecule has 5 amide bonds. The first-order chi connectivity index (χ1) is 35.7. The van der Waals surface area contributed by atoms with E-state index < -0.39 is 6.09 Å². The minimum absolute atomic E-state index is 0.0765. The topological polar surface area (TPSA) is 249 Å². The van der Waals surface area contributed by atoms with E-state index in [2.05, 4.69) is 38.6 Å². The molecule has 1 saturated heterocycles. The number of rotatable bonds is 35. The lowest BCUT2D eigenvalue weighted by Gasteiger charge is -2.32. The molecule has 0 bridgehead atoms. The van der Waals surface area contributed by atoms with E-state index >= 15 is 0 Å². The molecule has 3 fully saturated rings. The van der Waals surface area contributed by atoms with Gasteiger partial charge >= 0.3 is 6.09 Å². The van der Waals surface area contributed by atoms with Gasteiger partial charge in [0.1, 0.15) is 6.10 Å². The van der Waals surface area contributed by atoms with Crippen molar-refractivity contribution >= 4 is 52.9 Å². The molecule has 21 heteroatoms. The summed E-state index contributed by atoms with van der Waals surface area (Å²) in [5.41, 5.74) is 14.0. The number of likely N-dealkylation sites (tertiary alicyclic amines) is 1. The Hall–Kier alpha value is -4.19. The number of carbonyl (C=O) groups excluding carboxylic acids is 5. The monoisotopic (exact) mass is 1050 g/mol.